The SMILES string of the molecule is O=C(NC(=S)Nc1ccc2c(c1)OC(F)(F)O2)c1ccccc1Cl. The molecule has 0 aliphatic carbocycles. The third-order valence-electron chi connectivity index (χ3n) is 3.00. The number of thiocarbonyl (C=S) groups is 1. The Hall–Kier alpha value is -2.45. The van der Waals surface area contributed by atoms with Gasteiger partial charge in [-0.15, -0.1) is 8.78 Å². The molecule has 3 rings (SSSR count). The zero-order valence-electron chi connectivity index (χ0n) is 11.8. The second-order valence-corrected chi connectivity index (χ2v) is 5.53. The minimum atomic E-state index is -3.69. The molecule has 1 amide bonds. The Morgan fingerprint density at radius 2 is 1.83 bits per heavy atom. The molecule has 2 aromatic rings. The van der Waals surface area contributed by atoms with Gasteiger partial charge in [-0.2, -0.15) is 0 Å². The molecule has 0 spiro atoms. The highest BCUT2D eigenvalue weighted by atomic mass is 35.5. The van der Waals surface area contributed by atoms with Crippen molar-refractivity contribution in [3.8, 4) is 11.5 Å². The van der Waals surface area contributed by atoms with Crippen LogP contribution in [0.25, 0.3) is 0 Å². The maximum atomic E-state index is 13.0. The summed E-state index contributed by atoms with van der Waals surface area (Å²) >= 11 is 10.9. The minimum Gasteiger partial charge on any atom is -0.395 e. The average Bonchev–Trinajstić information content (AvgIpc) is 2.80. The predicted octanol–water partition coefficient (Wildman–Crippen LogP) is 3.79. The van der Waals surface area contributed by atoms with E-state index in [0.29, 0.717) is 5.69 Å². The molecule has 0 radical (unpaired) electrons. The Morgan fingerprint density at radius 1 is 1.12 bits per heavy atom. The quantitative estimate of drug-likeness (QED) is 0.788. The lowest BCUT2D eigenvalue weighted by atomic mass is 10.2. The summed E-state index contributed by atoms with van der Waals surface area (Å²) in [4.78, 5) is 12.1. The van der Waals surface area contributed by atoms with Crippen LogP contribution in [0.4, 0.5) is 14.5 Å². The summed E-state index contributed by atoms with van der Waals surface area (Å²) in [6.07, 6.45) is -3.69. The first-order valence-electron chi connectivity index (χ1n) is 6.61. The number of ether oxygens (including phenoxy) is 2. The van der Waals surface area contributed by atoms with Crippen LogP contribution in [0.3, 0.4) is 0 Å². The third kappa shape index (κ3) is 3.55. The Balaban J connectivity index is 1.66. The predicted molar refractivity (Wildman–Crippen MR) is 87.8 cm³/mol. The number of amides is 1. The highest BCUT2D eigenvalue weighted by molar-refractivity contribution is 7.80. The first-order valence-corrected chi connectivity index (χ1v) is 7.39. The van der Waals surface area contributed by atoms with E-state index in [2.05, 4.69) is 20.1 Å². The Morgan fingerprint density at radius 3 is 2.58 bits per heavy atom. The maximum absolute atomic E-state index is 13.0. The lowest BCUT2D eigenvalue weighted by Crippen LogP contribution is -2.34. The van der Waals surface area contributed by atoms with Crippen molar-refractivity contribution in [2.45, 2.75) is 6.29 Å². The fourth-order valence-corrected chi connectivity index (χ4v) is 2.44. The first kappa shape index (κ1) is 16.4. The van der Waals surface area contributed by atoms with E-state index >= 15 is 0 Å². The molecule has 0 atom stereocenters. The molecular weight excluding hydrogens is 362 g/mol. The number of fused-ring (bicyclic) bond motifs is 1. The van der Waals surface area contributed by atoms with Gasteiger partial charge in [0.2, 0.25) is 0 Å². The standard InChI is InChI=1S/C15H9ClF2N2O3S/c16-10-4-2-1-3-9(10)13(21)20-14(24)19-8-5-6-11-12(7-8)23-15(17,18)22-11/h1-7H,(H2,19,20,21,24). The fraction of sp³-hybridized carbons (Fsp3) is 0.0667. The van der Waals surface area contributed by atoms with Gasteiger partial charge in [0.25, 0.3) is 5.91 Å². The zero-order chi connectivity index (χ0) is 17.3. The van der Waals surface area contributed by atoms with Crippen molar-refractivity contribution in [2.24, 2.45) is 0 Å². The molecule has 0 unspecified atom stereocenters. The van der Waals surface area contributed by atoms with E-state index in [1.807, 2.05) is 0 Å². The maximum Gasteiger partial charge on any atom is 0.586 e. The molecule has 1 aliphatic rings. The van der Waals surface area contributed by atoms with Crippen molar-refractivity contribution in [3.63, 3.8) is 0 Å². The molecule has 2 aromatic carbocycles. The summed E-state index contributed by atoms with van der Waals surface area (Å²) in [6.45, 7) is 0. The van der Waals surface area contributed by atoms with Crippen LogP contribution < -0.4 is 20.1 Å². The summed E-state index contributed by atoms with van der Waals surface area (Å²) in [6, 6.07) is 10.5. The van der Waals surface area contributed by atoms with E-state index in [4.69, 9.17) is 23.8 Å². The van der Waals surface area contributed by atoms with Crippen LogP contribution in [0.2, 0.25) is 5.02 Å². The van der Waals surface area contributed by atoms with E-state index in [1.165, 1.54) is 18.2 Å². The zero-order valence-corrected chi connectivity index (χ0v) is 13.4. The van der Waals surface area contributed by atoms with Crippen LogP contribution in [0.15, 0.2) is 42.5 Å². The molecule has 0 bridgehead atoms. The number of hydrogen-bond acceptors (Lipinski definition) is 4. The van der Waals surface area contributed by atoms with Gasteiger partial charge < -0.3 is 14.8 Å². The molecule has 0 fully saturated rings. The normalized spacial score (nSPS) is 14.1. The molecule has 5 nitrogen and oxygen atoms in total. The molecule has 124 valence electrons. The van der Waals surface area contributed by atoms with Gasteiger partial charge >= 0.3 is 6.29 Å². The van der Waals surface area contributed by atoms with Crippen molar-refractivity contribution in [2.75, 3.05) is 5.32 Å². The average molecular weight is 371 g/mol. The van der Waals surface area contributed by atoms with Gasteiger partial charge in [0.1, 0.15) is 0 Å². The fourth-order valence-electron chi connectivity index (χ4n) is 2.00. The van der Waals surface area contributed by atoms with Gasteiger partial charge in [0.05, 0.1) is 10.6 Å². The molecule has 9 heteroatoms. The number of carbonyl (C=O) groups is 1. The van der Waals surface area contributed by atoms with Gasteiger partial charge in [0.15, 0.2) is 16.6 Å². The van der Waals surface area contributed by atoms with E-state index < -0.39 is 12.2 Å². The minimum absolute atomic E-state index is 0.0226. The number of alkyl halides is 2. The summed E-state index contributed by atoms with van der Waals surface area (Å²) in [5, 5.41) is 5.40. The van der Waals surface area contributed by atoms with Crippen molar-refractivity contribution < 1.29 is 23.0 Å². The highest BCUT2D eigenvalue weighted by Gasteiger charge is 2.43. The number of rotatable bonds is 2. The number of benzene rings is 2. The molecule has 2 N–H and O–H groups in total. The van der Waals surface area contributed by atoms with Crippen LogP contribution in [0, 0.1) is 0 Å². The molecule has 24 heavy (non-hydrogen) atoms. The second kappa shape index (κ2) is 6.21. The van der Waals surface area contributed by atoms with Crippen LogP contribution in [0.5, 0.6) is 11.5 Å². The van der Waals surface area contributed by atoms with Crippen molar-refractivity contribution in [3.05, 3.63) is 53.1 Å². The van der Waals surface area contributed by atoms with Crippen LogP contribution >= 0.6 is 23.8 Å². The number of halogens is 3. The van der Waals surface area contributed by atoms with Gasteiger partial charge in [0, 0.05) is 11.8 Å². The topological polar surface area (TPSA) is 59.6 Å². The van der Waals surface area contributed by atoms with Gasteiger partial charge in [-0.05, 0) is 36.5 Å². The largest absolute Gasteiger partial charge is 0.586 e. The van der Waals surface area contributed by atoms with Gasteiger partial charge in [-0.3, -0.25) is 10.1 Å². The number of carbonyl (C=O) groups excluding carboxylic acids is 1. The van der Waals surface area contributed by atoms with Crippen molar-refractivity contribution >= 4 is 40.5 Å². The van der Waals surface area contributed by atoms with Crippen LogP contribution in [-0.2, 0) is 0 Å². The van der Waals surface area contributed by atoms with Gasteiger partial charge in [-0.25, -0.2) is 0 Å². The van der Waals surface area contributed by atoms with Gasteiger partial charge in [-0.1, -0.05) is 23.7 Å². The monoisotopic (exact) mass is 370 g/mol. The van der Waals surface area contributed by atoms with Crippen LogP contribution in [-0.4, -0.2) is 17.3 Å². The molecule has 1 heterocycles. The lowest BCUT2D eigenvalue weighted by molar-refractivity contribution is -0.286. The molecule has 0 saturated carbocycles. The number of anilines is 1. The second-order valence-electron chi connectivity index (χ2n) is 4.72. The van der Waals surface area contributed by atoms with Crippen LogP contribution in [0.1, 0.15) is 10.4 Å². The molecule has 0 aromatic heterocycles. The lowest BCUT2D eigenvalue weighted by Gasteiger charge is -2.10. The molecule has 0 saturated heterocycles. The number of hydrogen-bond donors (Lipinski definition) is 2. The van der Waals surface area contributed by atoms with E-state index in [1.54, 1.807) is 24.3 Å². The summed E-state index contributed by atoms with van der Waals surface area (Å²) < 4.78 is 34.6. The number of nitrogens with one attached hydrogen (secondary N) is 2. The Labute approximate surface area is 145 Å². The Kier molecular flexibility index (Phi) is 4.25. The third-order valence-corrected chi connectivity index (χ3v) is 3.54. The summed E-state index contributed by atoms with van der Waals surface area (Å²) in [5.41, 5.74) is 0.605. The van der Waals surface area contributed by atoms with E-state index in [0.717, 1.165) is 0 Å². The van der Waals surface area contributed by atoms with Crippen molar-refractivity contribution in [1.82, 2.24) is 5.32 Å². The van der Waals surface area contributed by atoms with Crippen molar-refractivity contribution in [1.29, 1.82) is 0 Å². The molecular formula is C15H9ClF2N2O3S. The Bertz CT molecular complexity index is 832. The van der Waals surface area contributed by atoms with E-state index in [-0.39, 0.29) is 27.2 Å². The van der Waals surface area contributed by atoms with E-state index in [9.17, 15) is 13.6 Å². The highest BCUT2D eigenvalue weighted by Crippen LogP contribution is 2.42. The summed E-state index contributed by atoms with van der Waals surface area (Å²) in [7, 11) is 0. The molecule has 1 aliphatic heterocycles. The smallest absolute Gasteiger partial charge is 0.395 e. The summed E-state index contributed by atoms with van der Waals surface area (Å²) in [5.74, 6) is -0.716. The first-order chi connectivity index (χ1) is 11.3.